The first kappa shape index (κ1) is 14.3. The lowest BCUT2D eigenvalue weighted by molar-refractivity contribution is -0.120. The Bertz CT molecular complexity index is 741. The third kappa shape index (κ3) is 3.52. The minimum Gasteiger partial charge on any atom is -0.355 e. The Morgan fingerprint density at radius 2 is 2.00 bits per heavy atom. The SMILES string of the molecule is Cc1ccc(CC(=O)NCCc2cn3ccccc3n2)cc1. The van der Waals surface area contributed by atoms with Gasteiger partial charge in [-0.05, 0) is 24.6 Å². The van der Waals surface area contributed by atoms with E-state index in [2.05, 4.69) is 10.3 Å². The van der Waals surface area contributed by atoms with Crippen LogP contribution >= 0.6 is 0 Å². The number of amides is 1. The van der Waals surface area contributed by atoms with E-state index in [9.17, 15) is 4.79 Å². The van der Waals surface area contributed by atoms with E-state index in [4.69, 9.17) is 0 Å². The topological polar surface area (TPSA) is 46.4 Å². The largest absolute Gasteiger partial charge is 0.355 e. The summed E-state index contributed by atoms with van der Waals surface area (Å²) in [5, 5.41) is 2.95. The van der Waals surface area contributed by atoms with Crippen molar-refractivity contribution in [2.75, 3.05) is 6.54 Å². The lowest BCUT2D eigenvalue weighted by Crippen LogP contribution is -2.27. The van der Waals surface area contributed by atoms with Gasteiger partial charge in [-0.2, -0.15) is 0 Å². The predicted octanol–water partition coefficient (Wildman–Crippen LogP) is 2.54. The second-order valence-electron chi connectivity index (χ2n) is 5.46. The number of carbonyl (C=O) groups is 1. The monoisotopic (exact) mass is 293 g/mol. The fourth-order valence-corrected chi connectivity index (χ4v) is 2.39. The molecule has 1 aromatic carbocycles. The van der Waals surface area contributed by atoms with Gasteiger partial charge in [-0.1, -0.05) is 35.9 Å². The van der Waals surface area contributed by atoms with Crippen LogP contribution in [0, 0.1) is 6.92 Å². The quantitative estimate of drug-likeness (QED) is 0.786. The van der Waals surface area contributed by atoms with Crippen molar-refractivity contribution in [1.29, 1.82) is 0 Å². The fraction of sp³-hybridized carbons (Fsp3) is 0.222. The number of rotatable bonds is 5. The number of imidazole rings is 1. The van der Waals surface area contributed by atoms with Crippen LogP contribution in [0.1, 0.15) is 16.8 Å². The molecule has 0 aliphatic rings. The van der Waals surface area contributed by atoms with Crippen molar-refractivity contribution in [1.82, 2.24) is 14.7 Å². The molecule has 0 aliphatic carbocycles. The van der Waals surface area contributed by atoms with Crippen molar-refractivity contribution in [2.24, 2.45) is 0 Å². The summed E-state index contributed by atoms with van der Waals surface area (Å²) >= 11 is 0. The summed E-state index contributed by atoms with van der Waals surface area (Å²) in [6.07, 6.45) is 5.13. The maximum absolute atomic E-state index is 11.9. The summed E-state index contributed by atoms with van der Waals surface area (Å²) < 4.78 is 1.99. The summed E-state index contributed by atoms with van der Waals surface area (Å²) in [7, 11) is 0. The number of benzene rings is 1. The molecule has 0 atom stereocenters. The molecule has 0 bridgehead atoms. The van der Waals surface area contributed by atoms with E-state index in [1.807, 2.05) is 66.2 Å². The molecule has 2 heterocycles. The summed E-state index contributed by atoms with van der Waals surface area (Å²) in [6.45, 7) is 2.65. The molecule has 2 aromatic heterocycles. The Morgan fingerprint density at radius 3 is 2.77 bits per heavy atom. The molecule has 112 valence electrons. The lowest BCUT2D eigenvalue weighted by atomic mass is 10.1. The number of nitrogens with zero attached hydrogens (tertiary/aromatic N) is 2. The standard InChI is InChI=1S/C18H19N3O/c1-14-5-7-15(8-6-14)12-18(22)19-10-9-16-13-21-11-3-2-4-17(21)20-16/h2-8,11,13H,9-10,12H2,1H3,(H,19,22). The highest BCUT2D eigenvalue weighted by Gasteiger charge is 2.04. The zero-order chi connectivity index (χ0) is 15.4. The van der Waals surface area contributed by atoms with Gasteiger partial charge in [0.1, 0.15) is 5.65 Å². The molecule has 1 amide bonds. The van der Waals surface area contributed by atoms with Crippen LogP contribution in [0.3, 0.4) is 0 Å². The van der Waals surface area contributed by atoms with Gasteiger partial charge in [0.2, 0.25) is 5.91 Å². The molecule has 22 heavy (non-hydrogen) atoms. The molecule has 0 radical (unpaired) electrons. The van der Waals surface area contributed by atoms with Crippen LogP contribution in [-0.4, -0.2) is 21.8 Å². The maximum Gasteiger partial charge on any atom is 0.224 e. The normalized spacial score (nSPS) is 10.8. The van der Waals surface area contributed by atoms with E-state index < -0.39 is 0 Å². The smallest absolute Gasteiger partial charge is 0.224 e. The number of hydrogen-bond donors (Lipinski definition) is 1. The second-order valence-corrected chi connectivity index (χ2v) is 5.46. The van der Waals surface area contributed by atoms with Gasteiger partial charge in [-0.15, -0.1) is 0 Å². The van der Waals surface area contributed by atoms with Gasteiger partial charge < -0.3 is 9.72 Å². The third-order valence-corrected chi connectivity index (χ3v) is 3.60. The highest BCUT2D eigenvalue weighted by molar-refractivity contribution is 5.78. The van der Waals surface area contributed by atoms with Gasteiger partial charge in [0, 0.05) is 25.4 Å². The highest BCUT2D eigenvalue weighted by Crippen LogP contribution is 2.05. The number of aromatic nitrogens is 2. The van der Waals surface area contributed by atoms with Crippen LogP contribution in [0.2, 0.25) is 0 Å². The van der Waals surface area contributed by atoms with Gasteiger partial charge in [-0.3, -0.25) is 4.79 Å². The first-order valence-corrected chi connectivity index (χ1v) is 7.45. The van der Waals surface area contributed by atoms with E-state index >= 15 is 0 Å². The molecular formula is C18H19N3O. The summed E-state index contributed by atoms with van der Waals surface area (Å²) in [5.41, 5.74) is 4.16. The number of aryl methyl sites for hydroxylation is 1. The van der Waals surface area contributed by atoms with Crippen LogP contribution in [0.5, 0.6) is 0 Å². The Hall–Kier alpha value is -2.62. The Kier molecular flexibility index (Phi) is 4.19. The van der Waals surface area contributed by atoms with E-state index in [1.54, 1.807) is 0 Å². The van der Waals surface area contributed by atoms with Crippen molar-refractivity contribution in [2.45, 2.75) is 19.8 Å². The maximum atomic E-state index is 11.9. The van der Waals surface area contributed by atoms with Crippen LogP contribution in [0.15, 0.2) is 54.9 Å². The van der Waals surface area contributed by atoms with Crippen molar-refractivity contribution in [3.8, 4) is 0 Å². The average Bonchev–Trinajstić information content (AvgIpc) is 2.92. The number of fused-ring (bicyclic) bond motifs is 1. The Labute approximate surface area is 129 Å². The Morgan fingerprint density at radius 1 is 1.18 bits per heavy atom. The molecule has 1 N–H and O–H groups in total. The number of carbonyl (C=O) groups excluding carboxylic acids is 1. The highest BCUT2D eigenvalue weighted by atomic mass is 16.1. The lowest BCUT2D eigenvalue weighted by Gasteiger charge is -2.04. The van der Waals surface area contributed by atoms with Gasteiger partial charge in [0.05, 0.1) is 12.1 Å². The van der Waals surface area contributed by atoms with E-state index in [0.29, 0.717) is 13.0 Å². The average molecular weight is 293 g/mol. The number of nitrogens with one attached hydrogen (secondary N) is 1. The van der Waals surface area contributed by atoms with Crippen LogP contribution in [0.25, 0.3) is 5.65 Å². The molecule has 0 unspecified atom stereocenters. The molecule has 0 saturated heterocycles. The van der Waals surface area contributed by atoms with Gasteiger partial charge in [0.15, 0.2) is 0 Å². The summed E-state index contributed by atoms with van der Waals surface area (Å²) in [4.78, 5) is 16.4. The second kappa shape index (κ2) is 6.43. The number of pyridine rings is 1. The van der Waals surface area contributed by atoms with Crippen molar-refractivity contribution >= 4 is 11.6 Å². The first-order valence-electron chi connectivity index (χ1n) is 7.45. The van der Waals surface area contributed by atoms with Crippen molar-refractivity contribution in [3.63, 3.8) is 0 Å². The molecule has 3 rings (SSSR count). The van der Waals surface area contributed by atoms with Gasteiger partial charge >= 0.3 is 0 Å². The molecule has 0 spiro atoms. The number of hydrogen-bond acceptors (Lipinski definition) is 2. The van der Waals surface area contributed by atoms with E-state index in [1.165, 1.54) is 5.56 Å². The third-order valence-electron chi connectivity index (χ3n) is 3.60. The van der Waals surface area contributed by atoms with Crippen LogP contribution in [-0.2, 0) is 17.6 Å². The van der Waals surface area contributed by atoms with Gasteiger partial charge in [0.25, 0.3) is 0 Å². The van der Waals surface area contributed by atoms with Crippen LogP contribution in [0.4, 0.5) is 0 Å². The first-order chi connectivity index (χ1) is 10.7. The molecular weight excluding hydrogens is 274 g/mol. The summed E-state index contributed by atoms with van der Waals surface area (Å²) in [6, 6.07) is 14.0. The fourth-order valence-electron chi connectivity index (χ4n) is 2.39. The van der Waals surface area contributed by atoms with Crippen LogP contribution < -0.4 is 5.32 Å². The molecule has 0 saturated carbocycles. The van der Waals surface area contributed by atoms with E-state index in [0.717, 1.165) is 23.3 Å². The molecule has 3 aromatic rings. The summed E-state index contributed by atoms with van der Waals surface area (Å²) in [5.74, 6) is 0.0487. The van der Waals surface area contributed by atoms with Gasteiger partial charge in [-0.25, -0.2) is 4.98 Å². The Balaban J connectivity index is 1.49. The minimum atomic E-state index is 0.0487. The van der Waals surface area contributed by atoms with E-state index in [-0.39, 0.29) is 5.91 Å². The van der Waals surface area contributed by atoms with Crippen molar-refractivity contribution in [3.05, 3.63) is 71.7 Å². The molecule has 0 fully saturated rings. The van der Waals surface area contributed by atoms with Crippen molar-refractivity contribution < 1.29 is 4.79 Å². The zero-order valence-electron chi connectivity index (χ0n) is 12.6. The predicted molar refractivity (Wildman–Crippen MR) is 86.8 cm³/mol. The molecule has 4 nitrogen and oxygen atoms in total. The molecule has 4 heteroatoms. The minimum absolute atomic E-state index is 0.0487. The zero-order valence-corrected chi connectivity index (χ0v) is 12.6. The molecule has 0 aliphatic heterocycles.